The number of fused-ring (bicyclic) bond motifs is 3. The summed E-state index contributed by atoms with van der Waals surface area (Å²) in [6.07, 6.45) is 23.1. The van der Waals surface area contributed by atoms with E-state index in [-0.39, 0.29) is 0 Å². The predicted molar refractivity (Wildman–Crippen MR) is 164 cm³/mol. The molecule has 0 nitrogen and oxygen atoms in total. The summed E-state index contributed by atoms with van der Waals surface area (Å²) in [5, 5.41) is 0. The van der Waals surface area contributed by atoms with Gasteiger partial charge in [0.15, 0.2) is 0 Å². The molecule has 0 bridgehead atoms. The van der Waals surface area contributed by atoms with E-state index in [4.69, 9.17) is 0 Å². The Morgan fingerprint density at radius 2 is 1.49 bits per heavy atom. The van der Waals surface area contributed by atoms with Gasteiger partial charge in [-0.25, -0.2) is 0 Å². The third-order valence-electron chi connectivity index (χ3n) is 10.7. The van der Waals surface area contributed by atoms with E-state index < -0.39 is 24.2 Å². The van der Waals surface area contributed by atoms with Gasteiger partial charge < -0.3 is 0 Å². The number of hydrogen-bond acceptors (Lipinski definition) is 0. The first-order valence-electron chi connectivity index (χ1n) is 15.1. The van der Waals surface area contributed by atoms with E-state index in [2.05, 4.69) is 82.8 Å². The maximum atomic E-state index is 2.87. The molecule has 0 aromatic rings. The van der Waals surface area contributed by atoms with Crippen LogP contribution in [0.5, 0.6) is 0 Å². The van der Waals surface area contributed by atoms with Gasteiger partial charge in [-0.1, -0.05) is 106 Å². The molecular formula is C32H54Si3. The van der Waals surface area contributed by atoms with Crippen molar-refractivity contribution in [3.8, 4) is 0 Å². The van der Waals surface area contributed by atoms with Gasteiger partial charge >= 0.3 is 0 Å². The Morgan fingerprint density at radius 1 is 0.800 bits per heavy atom. The molecule has 0 saturated heterocycles. The highest BCUT2D eigenvalue weighted by Gasteiger charge is 2.57. The van der Waals surface area contributed by atoms with Crippen LogP contribution in [-0.2, 0) is 0 Å². The van der Waals surface area contributed by atoms with Crippen molar-refractivity contribution in [2.24, 2.45) is 29.6 Å². The molecule has 0 heterocycles. The molecule has 194 valence electrons. The summed E-state index contributed by atoms with van der Waals surface area (Å²) in [4.78, 5) is 0. The zero-order valence-electron chi connectivity index (χ0n) is 24.3. The second-order valence-corrected chi connectivity index (χ2v) is 32.3. The van der Waals surface area contributed by atoms with Crippen LogP contribution in [-0.4, -0.2) is 24.2 Å². The number of rotatable bonds is 6. The molecule has 0 aliphatic heterocycles. The molecule has 0 radical (unpaired) electrons. The van der Waals surface area contributed by atoms with E-state index in [9.17, 15) is 0 Å². The van der Waals surface area contributed by atoms with Crippen molar-refractivity contribution in [2.75, 3.05) is 0 Å². The van der Waals surface area contributed by atoms with E-state index in [0.717, 1.165) is 40.7 Å². The standard InChI is InChI=1S/C32H54Si3/c1-33(2,3)21-24-19-30(29-16-12-11-14-26(24)29)35(7,8)31-20-25(22-34(4,5)6)28-18-17-23-13-9-10-15-27(23)32(28)31/h11,14,16-18,24-26,28,30-32H,9-10,12-13,15,19-22H2,1-8H3. The molecule has 7 unspecified atom stereocenters. The van der Waals surface area contributed by atoms with Crippen LogP contribution in [0, 0.1) is 29.6 Å². The Hall–Kier alpha value is -0.389. The Balaban J connectivity index is 1.50. The first-order chi connectivity index (χ1) is 16.4. The number of hydrogen-bond donors (Lipinski definition) is 0. The van der Waals surface area contributed by atoms with Crippen molar-refractivity contribution in [3.63, 3.8) is 0 Å². The molecule has 2 fully saturated rings. The van der Waals surface area contributed by atoms with Gasteiger partial charge in [0.05, 0.1) is 8.07 Å². The highest BCUT2D eigenvalue weighted by atomic mass is 28.3. The molecule has 0 spiro atoms. The van der Waals surface area contributed by atoms with Crippen molar-refractivity contribution < 1.29 is 0 Å². The molecule has 0 amide bonds. The van der Waals surface area contributed by atoms with Crippen LogP contribution in [0.2, 0.25) is 75.5 Å². The van der Waals surface area contributed by atoms with Gasteiger partial charge in [-0.15, -0.1) is 0 Å². The maximum absolute atomic E-state index is 2.87. The molecule has 3 heteroatoms. The Morgan fingerprint density at radius 3 is 2.20 bits per heavy atom. The maximum Gasteiger partial charge on any atom is 0.0584 e. The fourth-order valence-corrected chi connectivity index (χ4v) is 18.4. The quantitative estimate of drug-likeness (QED) is 0.240. The van der Waals surface area contributed by atoms with Gasteiger partial charge in [0.1, 0.15) is 0 Å². The fourth-order valence-electron chi connectivity index (χ4n) is 9.52. The van der Waals surface area contributed by atoms with Crippen molar-refractivity contribution in [1.82, 2.24) is 0 Å². The molecular weight excluding hydrogens is 469 g/mol. The summed E-state index contributed by atoms with van der Waals surface area (Å²) in [5.74, 6) is 4.40. The van der Waals surface area contributed by atoms with E-state index in [0.29, 0.717) is 0 Å². The molecule has 35 heavy (non-hydrogen) atoms. The second kappa shape index (κ2) is 9.42. The van der Waals surface area contributed by atoms with E-state index in [1.165, 1.54) is 44.6 Å². The minimum Gasteiger partial charge on any atom is -0.0841 e. The lowest BCUT2D eigenvalue weighted by atomic mass is 9.74. The highest BCUT2D eigenvalue weighted by Crippen LogP contribution is 2.64. The monoisotopic (exact) mass is 522 g/mol. The number of allylic oxidation sites excluding steroid dienone is 8. The molecule has 0 aromatic heterocycles. The highest BCUT2D eigenvalue weighted by molar-refractivity contribution is 6.81. The molecule has 5 aliphatic rings. The van der Waals surface area contributed by atoms with Gasteiger partial charge in [-0.2, -0.15) is 0 Å². The average molecular weight is 523 g/mol. The van der Waals surface area contributed by atoms with Crippen LogP contribution >= 0.6 is 0 Å². The van der Waals surface area contributed by atoms with Crippen molar-refractivity contribution in [2.45, 2.75) is 120 Å². The average Bonchev–Trinajstić information content (AvgIpc) is 3.31. The van der Waals surface area contributed by atoms with Crippen LogP contribution in [0.15, 0.2) is 47.1 Å². The summed E-state index contributed by atoms with van der Waals surface area (Å²) in [7, 11) is -3.65. The van der Waals surface area contributed by atoms with Crippen molar-refractivity contribution in [3.05, 3.63) is 47.1 Å². The summed E-state index contributed by atoms with van der Waals surface area (Å²) in [6, 6.07) is 3.06. The van der Waals surface area contributed by atoms with Gasteiger partial charge in [0.2, 0.25) is 0 Å². The van der Waals surface area contributed by atoms with E-state index >= 15 is 0 Å². The Kier molecular flexibility index (Phi) is 7.06. The molecule has 0 aromatic carbocycles. The van der Waals surface area contributed by atoms with Crippen LogP contribution in [0.3, 0.4) is 0 Å². The molecule has 0 N–H and O–H groups in total. The van der Waals surface area contributed by atoms with Gasteiger partial charge in [0.25, 0.3) is 0 Å². The third-order valence-corrected chi connectivity index (χ3v) is 19.1. The summed E-state index contributed by atoms with van der Waals surface area (Å²) in [5.41, 5.74) is 7.57. The van der Waals surface area contributed by atoms with Crippen molar-refractivity contribution >= 4 is 24.2 Å². The van der Waals surface area contributed by atoms with Gasteiger partial charge in [-0.3, -0.25) is 0 Å². The molecule has 7 atom stereocenters. The zero-order valence-corrected chi connectivity index (χ0v) is 27.3. The van der Waals surface area contributed by atoms with Gasteiger partial charge in [-0.05, 0) is 85.3 Å². The SMILES string of the molecule is C[Si](C)(C)CC1CC([Si](C)(C)C2CC(C[Si](C)(C)C)C3C=CC4=C(CCCC4)C32)C2=CCC=CC21. The lowest BCUT2D eigenvalue weighted by Crippen LogP contribution is -2.41. The fraction of sp³-hybridized carbons (Fsp3) is 0.750. The van der Waals surface area contributed by atoms with E-state index in [1.807, 2.05) is 11.1 Å². The topological polar surface area (TPSA) is 0 Å². The normalized spacial score (nSPS) is 37.3. The van der Waals surface area contributed by atoms with Crippen LogP contribution in [0.25, 0.3) is 0 Å². The minimum atomic E-state index is -1.50. The lowest BCUT2D eigenvalue weighted by Gasteiger charge is -2.44. The minimum absolute atomic E-state index is 0.776. The Bertz CT molecular complexity index is 935. The molecule has 2 saturated carbocycles. The summed E-state index contributed by atoms with van der Waals surface area (Å²) in [6.45, 7) is 21.4. The third kappa shape index (κ3) is 5.17. The van der Waals surface area contributed by atoms with E-state index in [1.54, 1.807) is 18.0 Å². The summed E-state index contributed by atoms with van der Waals surface area (Å²) < 4.78 is 0. The second-order valence-electron chi connectivity index (χ2n) is 16.1. The van der Waals surface area contributed by atoms with Crippen molar-refractivity contribution in [1.29, 1.82) is 0 Å². The van der Waals surface area contributed by atoms with Gasteiger partial charge in [0, 0.05) is 22.1 Å². The lowest BCUT2D eigenvalue weighted by molar-refractivity contribution is 0.409. The molecule has 5 rings (SSSR count). The Labute approximate surface area is 220 Å². The smallest absolute Gasteiger partial charge is 0.0584 e. The predicted octanol–water partition coefficient (Wildman–Crippen LogP) is 10.3. The van der Waals surface area contributed by atoms with Crippen LogP contribution < -0.4 is 0 Å². The summed E-state index contributed by atoms with van der Waals surface area (Å²) >= 11 is 0. The molecule has 5 aliphatic carbocycles. The first kappa shape index (κ1) is 26.2. The largest absolute Gasteiger partial charge is 0.0841 e. The zero-order chi connectivity index (χ0) is 25.2. The first-order valence-corrected chi connectivity index (χ1v) is 25.7. The van der Waals surface area contributed by atoms with Crippen LogP contribution in [0.1, 0.15) is 44.9 Å². The van der Waals surface area contributed by atoms with Crippen LogP contribution in [0.4, 0.5) is 0 Å².